The number of halogens is 2. The van der Waals surface area contributed by atoms with Crippen LogP contribution in [-0.2, 0) is 9.53 Å². The van der Waals surface area contributed by atoms with Gasteiger partial charge in [-0.05, 0) is 34.1 Å². The van der Waals surface area contributed by atoms with Crippen LogP contribution in [0.15, 0.2) is 22.7 Å². The van der Waals surface area contributed by atoms with E-state index in [1.807, 2.05) is 0 Å². The molecule has 0 fully saturated rings. The summed E-state index contributed by atoms with van der Waals surface area (Å²) in [6, 6.07) is 4.81. The summed E-state index contributed by atoms with van der Waals surface area (Å²) in [6.45, 7) is 0. The molecule has 1 aromatic carbocycles. The van der Waals surface area contributed by atoms with Gasteiger partial charge in [-0.1, -0.05) is 22.4 Å². The summed E-state index contributed by atoms with van der Waals surface area (Å²) in [4.78, 5) is 22.8. The molecule has 9 heteroatoms. The lowest BCUT2D eigenvalue weighted by atomic mass is 10.3. The molecule has 0 heterocycles. The van der Waals surface area contributed by atoms with Gasteiger partial charge >= 0.3 is 12.0 Å². The lowest BCUT2D eigenvalue weighted by Gasteiger charge is -2.15. The number of hydrogen-bond acceptors (Lipinski definition) is 5. The van der Waals surface area contributed by atoms with Crippen LogP contribution >= 0.6 is 49.3 Å². The third-order valence-corrected chi connectivity index (χ3v) is 5.45. The van der Waals surface area contributed by atoms with Crippen molar-refractivity contribution in [2.24, 2.45) is 0 Å². The molecule has 1 aromatic rings. The zero-order valence-corrected chi connectivity index (χ0v) is 14.7. The van der Waals surface area contributed by atoms with E-state index in [4.69, 9.17) is 11.6 Å². The summed E-state index contributed by atoms with van der Waals surface area (Å²) >= 11 is 9.21. The molecule has 0 aliphatic carbocycles. The predicted octanol–water partition coefficient (Wildman–Crippen LogP) is 4.04. The highest BCUT2D eigenvalue weighted by Gasteiger charge is 2.12. The minimum absolute atomic E-state index is 0.170. The van der Waals surface area contributed by atoms with Crippen LogP contribution in [0.5, 0.6) is 0 Å². The first-order valence-electron chi connectivity index (χ1n) is 5.30. The van der Waals surface area contributed by atoms with Gasteiger partial charge < -0.3 is 10.1 Å². The van der Waals surface area contributed by atoms with Crippen LogP contribution in [0.3, 0.4) is 0 Å². The topological polar surface area (TPSA) is 58.6 Å². The Morgan fingerprint density at radius 3 is 2.80 bits per heavy atom. The molecule has 0 aliphatic rings. The summed E-state index contributed by atoms with van der Waals surface area (Å²) in [6.07, 6.45) is 0. The van der Waals surface area contributed by atoms with Crippen molar-refractivity contribution in [1.82, 2.24) is 4.31 Å². The maximum atomic E-state index is 11.9. The standard InChI is InChI=1S/C11H12BrClN2O3S2/c1-15(20-19-6-10(16)18-2)11(17)14-7-3-4-8(12)9(13)5-7/h3-5H,6H2,1-2H3,(H,14,17). The number of nitrogens with zero attached hydrogens (tertiary/aromatic N) is 1. The van der Waals surface area contributed by atoms with Crippen molar-refractivity contribution in [3.8, 4) is 0 Å². The summed E-state index contributed by atoms with van der Waals surface area (Å²) in [5, 5.41) is 3.21. The SMILES string of the molecule is COC(=O)CSSN(C)C(=O)Nc1ccc(Br)c(Cl)c1. The van der Waals surface area contributed by atoms with E-state index in [0.29, 0.717) is 10.7 Å². The second-order valence-corrected chi connectivity index (χ2v) is 7.11. The van der Waals surface area contributed by atoms with Gasteiger partial charge in [-0.15, -0.1) is 0 Å². The molecule has 2 amide bonds. The number of hydrogen-bond donors (Lipinski definition) is 1. The molecule has 20 heavy (non-hydrogen) atoms. The Kier molecular flexibility index (Phi) is 7.57. The molecule has 0 unspecified atom stereocenters. The number of esters is 1. The number of urea groups is 1. The Bertz CT molecular complexity index is 505. The van der Waals surface area contributed by atoms with Crippen molar-refractivity contribution in [3.05, 3.63) is 27.7 Å². The van der Waals surface area contributed by atoms with E-state index in [2.05, 4.69) is 26.0 Å². The highest BCUT2D eigenvalue weighted by molar-refractivity contribution is 9.10. The van der Waals surface area contributed by atoms with Gasteiger partial charge in [0.2, 0.25) is 0 Å². The van der Waals surface area contributed by atoms with Crippen molar-refractivity contribution in [1.29, 1.82) is 0 Å². The molecule has 0 saturated carbocycles. The minimum Gasteiger partial charge on any atom is -0.468 e. The van der Waals surface area contributed by atoms with Crippen molar-refractivity contribution in [2.75, 3.05) is 25.2 Å². The highest BCUT2D eigenvalue weighted by Crippen LogP contribution is 2.27. The number of rotatable bonds is 5. The van der Waals surface area contributed by atoms with E-state index in [1.54, 1.807) is 25.2 Å². The van der Waals surface area contributed by atoms with Crippen LogP contribution in [0, 0.1) is 0 Å². The van der Waals surface area contributed by atoms with Crippen LogP contribution in [0.2, 0.25) is 5.02 Å². The number of anilines is 1. The highest BCUT2D eigenvalue weighted by atomic mass is 79.9. The van der Waals surface area contributed by atoms with Gasteiger partial charge in [0, 0.05) is 28.2 Å². The fraction of sp³-hybridized carbons (Fsp3) is 0.273. The molecule has 0 aromatic heterocycles. The molecule has 110 valence electrons. The maximum Gasteiger partial charge on any atom is 0.332 e. The Hall–Kier alpha value is -0.570. The number of benzene rings is 1. The molecule has 1 rings (SSSR count). The van der Waals surface area contributed by atoms with Crippen LogP contribution < -0.4 is 5.32 Å². The normalized spacial score (nSPS) is 10.0. The molecule has 0 bridgehead atoms. The first-order valence-corrected chi connectivity index (χ1v) is 8.75. The van der Waals surface area contributed by atoms with Gasteiger partial charge in [-0.25, -0.2) is 4.79 Å². The van der Waals surface area contributed by atoms with E-state index in [1.165, 1.54) is 22.2 Å². The fourth-order valence-corrected chi connectivity index (χ4v) is 3.11. The molecule has 1 N–H and O–H groups in total. The third-order valence-electron chi connectivity index (χ3n) is 2.03. The second kappa shape index (κ2) is 8.66. The van der Waals surface area contributed by atoms with Crippen LogP contribution in [-0.4, -0.2) is 36.2 Å². The smallest absolute Gasteiger partial charge is 0.332 e. The van der Waals surface area contributed by atoms with Crippen LogP contribution in [0.25, 0.3) is 0 Å². The van der Waals surface area contributed by atoms with E-state index in [0.717, 1.165) is 15.5 Å². The average Bonchev–Trinajstić information content (AvgIpc) is 2.42. The quantitative estimate of drug-likeness (QED) is 0.460. The van der Waals surface area contributed by atoms with Crippen LogP contribution in [0.4, 0.5) is 10.5 Å². The van der Waals surface area contributed by atoms with Crippen molar-refractivity contribution in [2.45, 2.75) is 0 Å². The first kappa shape index (κ1) is 17.5. The fourth-order valence-electron chi connectivity index (χ4n) is 1.02. The van der Waals surface area contributed by atoms with Gasteiger partial charge in [0.15, 0.2) is 0 Å². The molecule has 0 aliphatic heterocycles. The maximum absolute atomic E-state index is 11.9. The molecule has 5 nitrogen and oxygen atoms in total. The monoisotopic (exact) mass is 398 g/mol. The number of methoxy groups -OCH3 is 1. The largest absolute Gasteiger partial charge is 0.468 e. The second-order valence-electron chi connectivity index (χ2n) is 3.47. The summed E-state index contributed by atoms with van der Waals surface area (Å²) in [5.74, 6) is -0.167. The average molecular weight is 400 g/mol. The van der Waals surface area contributed by atoms with E-state index in [9.17, 15) is 9.59 Å². The van der Waals surface area contributed by atoms with Crippen molar-refractivity contribution in [3.63, 3.8) is 0 Å². The van der Waals surface area contributed by atoms with E-state index in [-0.39, 0.29) is 17.8 Å². The van der Waals surface area contributed by atoms with Crippen molar-refractivity contribution >= 4 is 67.0 Å². The zero-order valence-electron chi connectivity index (χ0n) is 10.7. The van der Waals surface area contributed by atoms with Gasteiger partial charge in [0.05, 0.1) is 12.1 Å². The minimum atomic E-state index is -0.337. The van der Waals surface area contributed by atoms with E-state index >= 15 is 0 Å². The number of amides is 2. The van der Waals surface area contributed by atoms with Gasteiger partial charge in [-0.3, -0.25) is 9.10 Å². The third kappa shape index (κ3) is 5.82. The number of ether oxygens (including phenoxy) is 1. The van der Waals surface area contributed by atoms with Gasteiger partial charge in [0.25, 0.3) is 0 Å². The Morgan fingerprint density at radius 2 is 2.20 bits per heavy atom. The lowest BCUT2D eigenvalue weighted by molar-refractivity contribution is -0.137. The Morgan fingerprint density at radius 1 is 1.50 bits per heavy atom. The number of nitrogens with one attached hydrogen (secondary N) is 1. The Labute approximate surface area is 138 Å². The number of carbonyl (C=O) groups is 2. The van der Waals surface area contributed by atoms with Gasteiger partial charge in [0.1, 0.15) is 5.75 Å². The lowest BCUT2D eigenvalue weighted by Crippen LogP contribution is -2.25. The molecule has 0 spiro atoms. The number of carbonyl (C=O) groups excluding carboxylic acids is 2. The van der Waals surface area contributed by atoms with E-state index < -0.39 is 0 Å². The van der Waals surface area contributed by atoms with Crippen LogP contribution in [0.1, 0.15) is 0 Å². The molecular weight excluding hydrogens is 388 g/mol. The summed E-state index contributed by atoms with van der Waals surface area (Å²) in [5.41, 5.74) is 0.591. The Balaban J connectivity index is 2.45. The summed E-state index contributed by atoms with van der Waals surface area (Å²) < 4.78 is 6.64. The summed E-state index contributed by atoms with van der Waals surface area (Å²) in [7, 11) is 5.28. The van der Waals surface area contributed by atoms with Gasteiger partial charge in [-0.2, -0.15) is 0 Å². The first-order chi connectivity index (χ1) is 9.43. The molecule has 0 atom stereocenters. The predicted molar refractivity (Wildman–Crippen MR) is 88.0 cm³/mol. The zero-order chi connectivity index (χ0) is 15.1. The molecule has 0 radical (unpaired) electrons. The molecular formula is C11H12BrClN2O3S2. The van der Waals surface area contributed by atoms with Crippen molar-refractivity contribution < 1.29 is 14.3 Å². The molecule has 0 saturated heterocycles.